The van der Waals surface area contributed by atoms with E-state index in [1.807, 2.05) is 24.3 Å². The van der Waals surface area contributed by atoms with E-state index < -0.39 is 0 Å². The summed E-state index contributed by atoms with van der Waals surface area (Å²) in [5.74, 6) is -0.119. The van der Waals surface area contributed by atoms with Gasteiger partial charge in [0.25, 0.3) is 5.91 Å². The highest BCUT2D eigenvalue weighted by Gasteiger charge is 2.19. The van der Waals surface area contributed by atoms with Crippen LogP contribution in [0.3, 0.4) is 0 Å². The Bertz CT molecular complexity index is 340. The van der Waals surface area contributed by atoms with E-state index in [-0.39, 0.29) is 12.5 Å². The zero-order chi connectivity index (χ0) is 9.26. The summed E-state index contributed by atoms with van der Waals surface area (Å²) in [4.78, 5) is 11.3. The zero-order valence-corrected chi connectivity index (χ0v) is 7.71. The van der Waals surface area contributed by atoms with Gasteiger partial charge >= 0.3 is 0 Å². The van der Waals surface area contributed by atoms with Crippen molar-refractivity contribution in [3.63, 3.8) is 0 Å². The van der Waals surface area contributed by atoms with Gasteiger partial charge < -0.3 is 5.32 Å². The monoisotopic (exact) mass is 196 g/mol. The van der Waals surface area contributed by atoms with Gasteiger partial charge in [-0.1, -0.05) is 18.2 Å². The van der Waals surface area contributed by atoms with Gasteiger partial charge in [-0.2, -0.15) is 0 Å². The Morgan fingerprint density at radius 3 is 2.92 bits per heavy atom. The van der Waals surface area contributed by atoms with Crippen LogP contribution in [0.25, 0.3) is 0 Å². The van der Waals surface area contributed by atoms with Gasteiger partial charge in [0, 0.05) is 18.3 Å². The second kappa shape index (κ2) is 3.36. The first kappa shape index (κ1) is 8.53. The molecule has 1 aliphatic heterocycles. The molecule has 2 rings (SSSR count). The molecule has 0 spiro atoms. The fraction of sp³-hybridized carbons (Fsp3) is 0.222. The number of carbonyl (C=O) groups is 1. The number of rotatable bonds is 0. The van der Waals surface area contributed by atoms with Crippen molar-refractivity contribution in [2.24, 2.45) is 0 Å². The summed E-state index contributed by atoms with van der Waals surface area (Å²) in [7, 11) is 0. The number of para-hydroxylation sites is 1. The summed E-state index contributed by atoms with van der Waals surface area (Å²) >= 11 is 5.85. The van der Waals surface area contributed by atoms with E-state index in [1.165, 1.54) is 4.42 Å². The lowest BCUT2D eigenvalue weighted by Gasteiger charge is -2.12. The number of nitrogens with zero attached hydrogens (tertiary/aromatic N) is 1. The van der Waals surface area contributed by atoms with Crippen molar-refractivity contribution >= 4 is 23.4 Å². The predicted octanol–water partition coefficient (Wildman–Crippen LogP) is 1.28. The fourth-order valence-corrected chi connectivity index (χ4v) is 1.58. The van der Waals surface area contributed by atoms with Crippen LogP contribution in [0.15, 0.2) is 24.3 Å². The first-order chi connectivity index (χ1) is 6.29. The highest BCUT2D eigenvalue weighted by molar-refractivity contribution is 6.37. The number of halogens is 1. The van der Waals surface area contributed by atoms with Gasteiger partial charge in [0.2, 0.25) is 0 Å². The number of anilines is 1. The minimum atomic E-state index is -0.119. The van der Waals surface area contributed by atoms with Crippen molar-refractivity contribution in [2.45, 2.75) is 6.54 Å². The highest BCUT2D eigenvalue weighted by Crippen LogP contribution is 2.23. The van der Waals surface area contributed by atoms with Crippen LogP contribution in [0, 0.1) is 0 Å². The van der Waals surface area contributed by atoms with Gasteiger partial charge in [-0.15, -0.1) is 0 Å². The molecule has 0 atom stereocenters. The van der Waals surface area contributed by atoms with E-state index in [9.17, 15) is 4.79 Å². The molecule has 0 radical (unpaired) electrons. The third-order valence-corrected chi connectivity index (χ3v) is 2.38. The Labute approximate surface area is 81.4 Å². The van der Waals surface area contributed by atoms with Crippen molar-refractivity contribution < 1.29 is 4.79 Å². The molecule has 0 fully saturated rings. The topological polar surface area (TPSA) is 32.3 Å². The van der Waals surface area contributed by atoms with Crippen molar-refractivity contribution in [1.29, 1.82) is 0 Å². The standard InChI is InChI=1S/C9H9ClN2O/c10-12-8-4-2-1-3-7(8)5-11-6-9(12)13/h1-4,11H,5-6H2. The summed E-state index contributed by atoms with van der Waals surface area (Å²) in [6.07, 6.45) is 0. The van der Waals surface area contributed by atoms with Gasteiger partial charge in [0.05, 0.1) is 12.2 Å². The van der Waals surface area contributed by atoms with Crippen LogP contribution in [0.2, 0.25) is 0 Å². The molecule has 1 aromatic carbocycles. The van der Waals surface area contributed by atoms with E-state index >= 15 is 0 Å². The second-order valence-corrected chi connectivity index (χ2v) is 3.24. The molecule has 1 aromatic rings. The molecule has 1 amide bonds. The van der Waals surface area contributed by atoms with Crippen molar-refractivity contribution in [2.75, 3.05) is 11.0 Å². The van der Waals surface area contributed by atoms with Gasteiger partial charge in [-0.05, 0) is 11.6 Å². The van der Waals surface area contributed by atoms with Crippen LogP contribution < -0.4 is 9.74 Å². The molecule has 1 heterocycles. The lowest BCUT2D eigenvalue weighted by atomic mass is 10.2. The molecular weight excluding hydrogens is 188 g/mol. The molecule has 13 heavy (non-hydrogen) atoms. The number of hydrogen-bond acceptors (Lipinski definition) is 2. The molecule has 0 unspecified atom stereocenters. The summed E-state index contributed by atoms with van der Waals surface area (Å²) in [6.45, 7) is 0.976. The Morgan fingerprint density at radius 2 is 2.08 bits per heavy atom. The van der Waals surface area contributed by atoms with Gasteiger partial charge in [-0.25, -0.2) is 4.42 Å². The fourth-order valence-electron chi connectivity index (χ4n) is 1.36. The van der Waals surface area contributed by atoms with Gasteiger partial charge in [0.1, 0.15) is 0 Å². The number of fused-ring (bicyclic) bond motifs is 1. The van der Waals surface area contributed by atoms with Crippen molar-refractivity contribution in [3.8, 4) is 0 Å². The SMILES string of the molecule is O=C1CNCc2ccccc2N1Cl. The molecule has 0 saturated heterocycles. The molecule has 68 valence electrons. The summed E-state index contributed by atoms with van der Waals surface area (Å²) in [5.41, 5.74) is 1.82. The van der Waals surface area contributed by atoms with Crippen LogP contribution in [-0.4, -0.2) is 12.5 Å². The molecule has 0 saturated carbocycles. The molecule has 0 aliphatic carbocycles. The van der Waals surface area contributed by atoms with E-state index in [0.717, 1.165) is 11.3 Å². The third kappa shape index (κ3) is 1.53. The summed E-state index contributed by atoms with van der Waals surface area (Å²) in [5, 5.41) is 3.01. The van der Waals surface area contributed by atoms with Crippen LogP contribution in [0.1, 0.15) is 5.56 Å². The van der Waals surface area contributed by atoms with Gasteiger partial charge in [0.15, 0.2) is 0 Å². The Morgan fingerprint density at radius 1 is 1.31 bits per heavy atom. The highest BCUT2D eigenvalue weighted by atomic mass is 35.5. The van der Waals surface area contributed by atoms with Crippen molar-refractivity contribution in [3.05, 3.63) is 29.8 Å². The first-order valence-electron chi connectivity index (χ1n) is 4.06. The predicted molar refractivity (Wildman–Crippen MR) is 51.5 cm³/mol. The van der Waals surface area contributed by atoms with E-state index in [2.05, 4.69) is 5.32 Å². The normalized spacial score (nSPS) is 16.7. The quantitative estimate of drug-likeness (QED) is 0.634. The minimum Gasteiger partial charge on any atom is -0.304 e. The lowest BCUT2D eigenvalue weighted by Crippen LogP contribution is -2.28. The summed E-state index contributed by atoms with van der Waals surface area (Å²) < 4.78 is 1.18. The maximum atomic E-state index is 11.3. The molecule has 4 heteroatoms. The van der Waals surface area contributed by atoms with Crippen LogP contribution in [0.5, 0.6) is 0 Å². The van der Waals surface area contributed by atoms with Gasteiger partial charge in [-0.3, -0.25) is 4.79 Å². The first-order valence-corrected chi connectivity index (χ1v) is 4.40. The molecule has 1 N–H and O–H groups in total. The third-order valence-electron chi connectivity index (χ3n) is 2.01. The second-order valence-electron chi connectivity index (χ2n) is 2.91. The van der Waals surface area contributed by atoms with Crippen LogP contribution in [-0.2, 0) is 11.3 Å². The largest absolute Gasteiger partial charge is 0.304 e. The zero-order valence-electron chi connectivity index (χ0n) is 6.96. The van der Waals surface area contributed by atoms with Crippen LogP contribution >= 0.6 is 11.8 Å². The molecular formula is C9H9ClN2O. The van der Waals surface area contributed by atoms with E-state index in [1.54, 1.807) is 0 Å². The molecule has 0 aromatic heterocycles. The Balaban J connectivity index is 2.46. The minimum absolute atomic E-state index is 0.119. The van der Waals surface area contributed by atoms with Crippen molar-refractivity contribution in [1.82, 2.24) is 5.32 Å². The number of nitrogens with one attached hydrogen (secondary N) is 1. The number of amides is 1. The number of benzene rings is 1. The molecule has 3 nitrogen and oxygen atoms in total. The maximum Gasteiger partial charge on any atom is 0.255 e. The molecule has 1 aliphatic rings. The lowest BCUT2D eigenvalue weighted by molar-refractivity contribution is -0.116. The molecule has 0 bridgehead atoms. The smallest absolute Gasteiger partial charge is 0.255 e. The Hall–Kier alpha value is -1.06. The number of carbonyl (C=O) groups excluding carboxylic acids is 1. The average molecular weight is 197 g/mol. The maximum absolute atomic E-state index is 11.3. The van der Waals surface area contributed by atoms with E-state index in [0.29, 0.717) is 6.54 Å². The Kier molecular flexibility index (Phi) is 2.20. The van der Waals surface area contributed by atoms with Crippen LogP contribution in [0.4, 0.5) is 5.69 Å². The average Bonchev–Trinajstić information content (AvgIpc) is 2.29. The summed E-state index contributed by atoms with van der Waals surface area (Å²) in [6, 6.07) is 7.59. The number of hydrogen-bond donors (Lipinski definition) is 1. The van der Waals surface area contributed by atoms with E-state index in [4.69, 9.17) is 11.8 Å².